The van der Waals surface area contributed by atoms with Crippen molar-refractivity contribution >= 4 is 40.6 Å². The van der Waals surface area contributed by atoms with Crippen LogP contribution in [0.5, 0.6) is 0 Å². The van der Waals surface area contributed by atoms with E-state index >= 15 is 0 Å². The molecular weight excluding hydrogens is 398 g/mol. The summed E-state index contributed by atoms with van der Waals surface area (Å²) in [5.41, 5.74) is 2.20. The summed E-state index contributed by atoms with van der Waals surface area (Å²) >= 11 is 7.57. The third-order valence-electron chi connectivity index (χ3n) is 4.30. The lowest BCUT2D eigenvalue weighted by Crippen LogP contribution is -2.22. The summed E-state index contributed by atoms with van der Waals surface area (Å²) in [5.74, 6) is 0.315. The number of halogens is 1. The van der Waals surface area contributed by atoms with Gasteiger partial charge in [-0.1, -0.05) is 35.5 Å². The van der Waals surface area contributed by atoms with Crippen LogP contribution in [-0.4, -0.2) is 39.9 Å². The fraction of sp³-hybridized carbons (Fsp3) is 0.263. The van der Waals surface area contributed by atoms with Crippen molar-refractivity contribution in [3.8, 4) is 11.6 Å². The van der Waals surface area contributed by atoms with Crippen LogP contribution in [0.15, 0.2) is 52.2 Å². The second kappa shape index (κ2) is 8.62. The van der Waals surface area contributed by atoms with E-state index in [2.05, 4.69) is 25.4 Å². The Morgan fingerprint density at radius 1 is 1.18 bits per heavy atom. The molecule has 1 N–H and O–H groups in total. The van der Waals surface area contributed by atoms with Crippen molar-refractivity contribution in [2.24, 2.45) is 0 Å². The molecule has 1 saturated heterocycles. The van der Waals surface area contributed by atoms with Crippen molar-refractivity contribution < 1.29 is 9.21 Å². The van der Waals surface area contributed by atoms with Crippen molar-refractivity contribution in [2.45, 2.75) is 18.1 Å². The van der Waals surface area contributed by atoms with Gasteiger partial charge in [0.2, 0.25) is 5.91 Å². The van der Waals surface area contributed by atoms with Crippen molar-refractivity contribution in [1.29, 1.82) is 0 Å². The average molecular weight is 416 g/mol. The van der Waals surface area contributed by atoms with Crippen LogP contribution in [0.2, 0.25) is 5.02 Å². The number of hydrogen-bond acceptors (Lipinski definition) is 7. The minimum Gasteiger partial charge on any atom is -0.410 e. The predicted molar refractivity (Wildman–Crippen MR) is 110 cm³/mol. The number of rotatable bonds is 6. The van der Waals surface area contributed by atoms with E-state index in [1.807, 2.05) is 30.3 Å². The number of amides is 1. The first kappa shape index (κ1) is 18.8. The molecule has 9 heteroatoms. The molecule has 3 aromatic rings. The number of hydrogen-bond donors (Lipinski definition) is 1. The van der Waals surface area contributed by atoms with Crippen LogP contribution in [0.1, 0.15) is 12.8 Å². The van der Waals surface area contributed by atoms with Crippen LogP contribution in [0.4, 0.5) is 11.4 Å². The lowest BCUT2D eigenvalue weighted by Gasteiger charge is -2.22. The molecule has 7 nitrogen and oxygen atoms in total. The molecule has 0 atom stereocenters. The Labute approximate surface area is 171 Å². The third kappa shape index (κ3) is 4.28. The predicted octanol–water partition coefficient (Wildman–Crippen LogP) is 4.12. The number of carbonyl (C=O) groups excluding carboxylic acids is 1. The smallest absolute Gasteiger partial charge is 0.277 e. The molecule has 144 valence electrons. The van der Waals surface area contributed by atoms with Gasteiger partial charge < -0.3 is 14.6 Å². The summed E-state index contributed by atoms with van der Waals surface area (Å²) in [6.07, 6.45) is 3.91. The molecule has 0 unspecified atom stereocenters. The summed E-state index contributed by atoms with van der Waals surface area (Å²) in [6, 6.07) is 11.0. The van der Waals surface area contributed by atoms with Crippen molar-refractivity contribution in [3.05, 3.63) is 47.6 Å². The Morgan fingerprint density at radius 3 is 2.82 bits per heavy atom. The Morgan fingerprint density at radius 2 is 2.04 bits per heavy atom. The zero-order chi connectivity index (χ0) is 19.3. The van der Waals surface area contributed by atoms with Gasteiger partial charge in [0.05, 0.1) is 22.2 Å². The van der Waals surface area contributed by atoms with E-state index in [9.17, 15) is 4.79 Å². The van der Waals surface area contributed by atoms with Gasteiger partial charge in [-0.3, -0.25) is 9.78 Å². The summed E-state index contributed by atoms with van der Waals surface area (Å²) in [5, 5.41) is 11.8. The van der Waals surface area contributed by atoms with Gasteiger partial charge in [-0.05, 0) is 37.1 Å². The number of anilines is 2. The molecule has 1 amide bonds. The van der Waals surface area contributed by atoms with Gasteiger partial charge in [-0.25, -0.2) is 0 Å². The quantitative estimate of drug-likeness (QED) is 0.606. The molecule has 2 aromatic heterocycles. The van der Waals surface area contributed by atoms with Crippen molar-refractivity contribution in [3.63, 3.8) is 0 Å². The maximum absolute atomic E-state index is 12.4. The molecule has 0 radical (unpaired) electrons. The normalized spacial score (nSPS) is 13.7. The Kier molecular flexibility index (Phi) is 5.78. The average Bonchev–Trinajstić information content (AvgIpc) is 3.39. The van der Waals surface area contributed by atoms with Crippen LogP contribution in [0, 0.1) is 0 Å². The molecular formula is C19H18ClN5O2S. The highest BCUT2D eigenvalue weighted by Crippen LogP contribution is 2.36. The first-order valence-electron chi connectivity index (χ1n) is 8.92. The number of aromatic nitrogens is 3. The molecule has 3 heterocycles. The molecule has 0 aliphatic carbocycles. The van der Waals surface area contributed by atoms with Crippen LogP contribution >= 0.6 is 23.4 Å². The molecule has 28 heavy (non-hydrogen) atoms. The number of carbonyl (C=O) groups is 1. The second-order valence-electron chi connectivity index (χ2n) is 6.26. The van der Waals surface area contributed by atoms with E-state index in [4.69, 9.17) is 16.0 Å². The summed E-state index contributed by atoms with van der Waals surface area (Å²) < 4.78 is 5.56. The van der Waals surface area contributed by atoms with Gasteiger partial charge in [0, 0.05) is 19.3 Å². The molecule has 1 aliphatic rings. The number of nitrogens with one attached hydrogen (secondary N) is 1. The SMILES string of the molecule is O=C(CSc1nnc(-c2ccccn2)o1)Nc1cccc(Cl)c1N1CCCC1. The summed E-state index contributed by atoms with van der Waals surface area (Å²) in [4.78, 5) is 18.8. The van der Waals surface area contributed by atoms with Gasteiger partial charge in [0.15, 0.2) is 0 Å². The van der Waals surface area contributed by atoms with Gasteiger partial charge in [0.1, 0.15) is 5.69 Å². The molecule has 0 saturated carbocycles. The second-order valence-corrected chi connectivity index (χ2v) is 7.59. The molecule has 1 aromatic carbocycles. The Bertz CT molecular complexity index is 960. The maximum atomic E-state index is 12.4. The highest BCUT2D eigenvalue weighted by molar-refractivity contribution is 7.99. The van der Waals surface area contributed by atoms with Crippen LogP contribution in [0.25, 0.3) is 11.6 Å². The highest BCUT2D eigenvalue weighted by Gasteiger charge is 2.20. The fourth-order valence-corrected chi connectivity index (χ4v) is 3.91. The van der Waals surface area contributed by atoms with E-state index in [0.29, 0.717) is 21.8 Å². The van der Waals surface area contributed by atoms with Crippen LogP contribution in [-0.2, 0) is 4.79 Å². The molecule has 0 bridgehead atoms. The molecule has 1 fully saturated rings. The lowest BCUT2D eigenvalue weighted by atomic mass is 10.2. The van der Waals surface area contributed by atoms with Gasteiger partial charge >= 0.3 is 0 Å². The van der Waals surface area contributed by atoms with Gasteiger partial charge in [-0.15, -0.1) is 10.2 Å². The topological polar surface area (TPSA) is 84.1 Å². The largest absolute Gasteiger partial charge is 0.410 e. The van der Waals surface area contributed by atoms with Gasteiger partial charge in [-0.2, -0.15) is 0 Å². The molecule has 1 aliphatic heterocycles. The molecule has 4 rings (SSSR count). The number of para-hydroxylation sites is 1. The zero-order valence-corrected chi connectivity index (χ0v) is 16.5. The summed E-state index contributed by atoms with van der Waals surface area (Å²) in [7, 11) is 0. The van der Waals surface area contributed by atoms with Crippen molar-refractivity contribution in [1.82, 2.24) is 15.2 Å². The summed E-state index contributed by atoms with van der Waals surface area (Å²) in [6.45, 7) is 1.89. The lowest BCUT2D eigenvalue weighted by molar-refractivity contribution is -0.113. The first-order valence-corrected chi connectivity index (χ1v) is 10.3. The third-order valence-corrected chi connectivity index (χ3v) is 5.42. The maximum Gasteiger partial charge on any atom is 0.277 e. The van der Waals surface area contributed by atoms with E-state index in [-0.39, 0.29) is 11.7 Å². The Balaban J connectivity index is 1.39. The van der Waals surface area contributed by atoms with Gasteiger partial charge in [0.25, 0.3) is 11.1 Å². The zero-order valence-electron chi connectivity index (χ0n) is 15.0. The molecule has 0 spiro atoms. The van der Waals surface area contributed by atoms with E-state index in [1.54, 1.807) is 12.3 Å². The number of thioether (sulfide) groups is 1. The number of benzene rings is 1. The van der Waals surface area contributed by atoms with Crippen LogP contribution in [0.3, 0.4) is 0 Å². The van der Waals surface area contributed by atoms with E-state index in [1.165, 1.54) is 11.8 Å². The number of pyridine rings is 1. The minimum absolute atomic E-state index is 0.149. The highest BCUT2D eigenvalue weighted by atomic mass is 35.5. The minimum atomic E-state index is -0.162. The van der Waals surface area contributed by atoms with Crippen LogP contribution < -0.4 is 10.2 Å². The first-order chi connectivity index (χ1) is 13.7. The standard InChI is InChI=1S/C19H18ClN5O2S/c20-13-6-5-8-14(17(13)25-10-3-4-11-25)22-16(26)12-28-19-24-23-18(27-19)15-7-1-2-9-21-15/h1-2,5-9H,3-4,10-12H2,(H,22,26). The number of nitrogens with zero attached hydrogens (tertiary/aromatic N) is 4. The van der Waals surface area contributed by atoms with Crippen molar-refractivity contribution in [2.75, 3.05) is 29.1 Å². The van der Waals surface area contributed by atoms with E-state index < -0.39 is 0 Å². The fourth-order valence-electron chi connectivity index (χ4n) is 3.05. The Hall–Kier alpha value is -2.58. The monoisotopic (exact) mass is 415 g/mol. The van der Waals surface area contributed by atoms with E-state index in [0.717, 1.165) is 37.3 Å².